The van der Waals surface area contributed by atoms with Crippen LogP contribution in [0.3, 0.4) is 0 Å². The second-order valence-corrected chi connectivity index (χ2v) is 3.70. The molecule has 0 aromatic heterocycles. The summed E-state index contributed by atoms with van der Waals surface area (Å²) in [7, 11) is 0. The predicted molar refractivity (Wildman–Crippen MR) is 39.8 cm³/mol. The van der Waals surface area contributed by atoms with Crippen molar-refractivity contribution in [2.75, 3.05) is 18.1 Å². The van der Waals surface area contributed by atoms with Crippen LogP contribution in [0.25, 0.3) is 0 Å². The van der Waals surface area contributed by atoms with Gasteiger partial charge in [0.2, 0.25) is 0 Å². The Kier molecular flexibility index (Phi) is 3.06. The summed E-state index contributed by atoms with van der Waals surface area (Å²) in [5, 5.41) is 2.83. The Labute approximate surface area is 67.7 Å². The Balaban J connectivity index is 2.24. The lowest BCUT2D eigenvalue weighted by Gasteiger charge is -2.23. The second-order valence-electron chi connectivity index (χ2n) is 2.55. The van der Waals surface area contributed by atoms with Gasteiger partial charge in [0.05, 0.1) is 6.42 Å². The molecule has 0 spiro atoms. The van der Waals surface area contributed by atoms with Gasteiger partial charge in [0.1, 0.15) is 0 Å². The molecule has 11 heavy (non-hydrogen) atoms. The van der Waals surface area contributed by atoms with E-state index in [-0.39, 0.29) is 6.04 Å². The van der Waals surface area contributed by atoms with Crippen LogP contribution in [0.15, 0.2) is 0 Å². The molecular weight excluding hydrogens is 175 g/mol. The van der Waals surface area contributed by atoms with Crippen molar-refractivity contribution >= 4 is 11.8 Å². The van der Waals surface area contributed by atoms with Crippen LogP contribution in [0.4, 0.5) is 13.2 Å². The van der Waals surface area contributed by atoms with E-state index in [2.05, 4.69) is 5.32 Å². The molecule has 1 aliphatic heterocycles. The first-order valence-electron chi connectivity index (χ1n) is 3.46. The number of rotatable bonds is 1. The van der Waals surface area contributed by atoms with Crippen molar-refractivity contribution in [2.45, 2.75) is 18.6 Å². The first-order chi connectivity index (χ1) is 5.08. The highest BCUT2D eigenvalue weighted by molar-refractivity contribution is 7.99. The summed E-state index contributed by atoms with van der Waals surface area (Å²) in [5.74, 6) is 1.51. The third-order valence-corrected chi connectivity index (χ3v) is 2.61. The first-order valence-corrected chi connectivity index (χ1v) is 4.61. The quantitative estimate of drug-likeness (QED) is 0.666. The summed E-state index contributed by atoms with van der Waals surface area (Å²) in [6.07, 6.45) is -4.71. The van der Waals surface area contributed by atoms with Crippen molar-refractivity contribution < 1.29 is 13.2 Å². The molecule has 5 heteroatoms. The first kappa shape index (κ1) is 9.19. The number of alkyl halides is 3. The minimum absolute atomic E-state index is 0.367. The molecule has 0 unspecified atom stereocenters. The molecule has 1 atom stereocenters. The smallest absolute Gasteiger partial charge is 0.312 e. The molecule has 1 nitrogen and oxygen atoms in total. The van der Waals surface area contributed by atoms with E-state index in [1.165, 1.54) is 0 Å². The van der Waals surface area contributed by atoms with E-state index in [1.54, 1.807) is 11.8 Å². The summed E-state index contributed by atoms with van der Waals surface area (Å²) >= 11 is 1.58. The highest BCUT2D eigenvalue weighted by atomic mass is 32.2. The fraction of sp³-hybridized carbons (Fsp3) is 1.00. The molecule has 1 aliphatic rings. The van der Waals surface area contributed by atoms with Gasteiger partial charge in [-0.25, -0.2) is 0 Å². The highest BCUT2D eigenvalue weighted by Crippen LogP contribution is 2.24. The molecule has 0 aliphatic carbocycles. The van der Waals surface area contributed by atoms with Gasteiger partial charge in [0, 0.05) is 24.1 Å². The van der Waals surface area contributed by atoms with Crippen LogP contribution < -0.4 is 5.32 Å². The van der Waals surface area contributed by atoms with Crippen LogP contribution in [0.2, 0.25) is 0 Å². The Morgan fingerprint density at radius 2 is 2.18 bits per heavy atom. The largest absolute Gasteiger partial charge is 0.390 e. The van der Waals surface area contributed by atoms with Crippen molar-refractivity contribution in [1.29, 1.82) is 0 Å². The monoisotopic (exact) mass is 185 g/mol. The molecule has 0 radical (unpaired) electrons. The van der Waals surface area contributed by atoms with Gasteiger partial charge in [-0.3, -0.25) is 0 Å². The summed E-state index contributed by atoms with van der Waals surface area (Å²) in [4.78, 5) is 0. The van der Waals surface area contributed by atoms with Crippen molar-refractivity contribution in [3.63, 3.8) is 0 Å². The lowest BCUT2D eigenvalue weighted by molar-refractivity contribution is -0.138. The Morgan fingerprint density at radius 3 is 2.64 bits per heavy atom. The van der Waals surface area contributed by atoms with Gasteiger partial charge in [-0.15, -0.1) is 0 Å². The molecule has 66 valence electrons. The molecule has 0 bridgehead atoms. The van der Waals surface area contributed by atoms with Crippen molar-refractivity contribution in [3.05, 3.63) is 0 Å². The minimum atomic E-state index is -4.02. The Hall–Kier alpha value is 0.1000. The van der Waals surface area contributed by atoms with E-state index in [9.17, 15) is 13.2 Å². The fourth-order valence-corrected chi connectivity index (χ4v) is 1.98. The summed E-state index contributed by atoms with van der Waals surface area (Å²) in [5.41, 5.74) is 0. The average Bonchev–Trinajstić information content (AvgIpc) is 1.85. The van der Waals surface area contributed by atoms with Gasteiger partial charge in [-0.1, -0.05) is 0 Å². The van der Waals surface area contributed by atoms with Crippen molar-refractivity contribution in [2.24, 2.45) is 0 Å². The molecule has 1 heterocycles. The van der Waals surface area contributed by atoms with Crippen molar-refractivity contribution in [3.8, 4) is 0 Å². The minimum Gasteiger partial charge on any atom is -0.312 e. The lowest BCUT2D eigenvalue weighted by Crippen LogP contribution is -2.40. The van der Waals surface area contributed by atoms with Crippen LogP contribution in [-0.2, 0) is 0 Å². The fourth-order valence-electron chi connectivity index (χ4n) is 1.03. The number of nitrogens with one attached hydrogen (secondary N) is 1. The molecule has 0 amide bonds. The molecule has 1 fully saturated rings. The summed E-state index contributed by atoms with van der Waals surface area (Å²) in [6.45, 7) is 0.700. The number of halogens is 3. The van der Waals surface area contributed by atoms with E-state index in [0.717, 1.165) is 5.75 Å². The molecule has 0 saturated carbocycles. The van der Waals surface area contributed by atoms with Crippen molar-refractivity contribution in [1.82, 2.24) is 5.32 Å². The van der Waals surface area contributed by atoms with Gasteiger partial charge in [0.25, 0.3) is 0 Å². The zero-order valence-electron chi connectivity index (χ0n) is 5.95. The van der Waals surface area contributed by atoms with E-state index in [1.807, 2.05) is 0 Å². The third kappa shape index (κ3) is 3.86. The van der Waals surface area contributed by atoms with Gasteiger partial charge in [-0.2, -0.15) is 24.9 Å². The van der Waals surface area contributed by atoms with Crippen LogP contribution in [-0.4, -0.2) is 30.3 Å². The molecular formula is C6H10F3NS. The summed E-state index contributed by atoms with van der Waals surface area (Å²) in [6, 6.07) is -0.367. The van der Waals surface area contributed by atoms with Crippen LogP contribution in [0, 0.1) is 0 Å². The maximum absolute atomic E-state index is 11.8. The Bertz CT molecular complexity index is 119. The second kappa shape index (κ2) is 3.67. The van der Waals surface area contributed by atoms with E-state index in [4.69, 9.17) is 0 Å². The van der Waals surface area contributed by atoms with Gasteiger partial charge in [0.15, 0.2) is 0 Å². The molecule has 1 rings (SSSR count). The SMILES string of the molecule is FC(F)(F)C[C@@H]1CSCCN1. The molecule has 1 saturated heterocycles. The zero-order chi connectivity index (χ0) is 8.32. The van der Waals surface area contributed by atoms with Gasteiger partial charge < -0.3 is 5.32 Å². The normalized spacial score (nSPS) is 27.0. The van der Waals surface area contributed by atoms with E-state index >= 15 is 0 Å². The number of hydrogen-bond donors (Lipinski definition) is 1. The standard InChI is InChI=1S/C6H10F3NS/c7-6(8,9)3-5-4-11-2-1-10-5/h5,10H,1-4H2/t5-/m1/s1. The molecule has 1 N–H and O–H groups in total. The summed E-state index contributed by atoms with van der Waals surface area (Å²) < 4.78 is 35.4. The maximum Gasteiger partial charge on any atom is 0.390 e. The number of thioether (sulfide) groups is 1. The van der Waals surface area contributed by atoms with Gasteiger partial charge >= 0.3 is 6.18 Å². The van der Waals surface area contributed by atoms with E-state index in [0.29, 0.717) is 12.3 Å². The highest BCUT2D eigenvalue weighted by Gasteiger charge is 2.32. The predicted octanol–water partition coefficient (Wildman–Crippen LogP) is 1.64. The lowest BCUT2D eigenvalue weighted by atomic mass is 10.2. The zero-order valence-corrected chi connectivity index (χ0v) is 6.76. The van der Waals surface area contributed by atoms with Crippen LogP contribution in [0.5, 0.6) is 0 Å². The van der Waals surface area contributed by atoms with Gasteiger partial charge in [-0.05, 0) is 0 Å². The maximum atomic E-state index is 11.8. The average molecular weight is 185 g/mol. The molecule has 0 aromatic carbocycles. The third-order valence-electron chi connectivity index (χ3n) is 1.48. The Morgan fingerprint density at radius 1 is 1.45 bits per heavy atom. The van der Waals surface area contributed by atoms with Crippen LogP contribution in [0.1, 0.15) is 6.42 Å². The topological polar surface area (TPSA) is 12.0 Å². The van der Waals surface area contributed by atoms with E-state index < -0.39 is 12.6 Å². The van der Waals surface area contributed by atoms with Crippen LogP contribution >= 0.6 is 11.8 Å². The molecule has 0 aromatic rings. The number of hydrogen-bond acceptors (Lipinski definition) is 2.